The van der Waals surface area contributed by atoms with E-state index in [4.69, 9.17) is 5.73 Å². The van der Waals surface area contributed by atoms with Crippen LogP contribution < -0.4 is 11.1 Å². The minimum Gasteiger partial charge on any atom is -0.397 e. The van der Waals surface area contributed by atoms with Crippen molar-refractivity contribution >= 4 is 11.5 Å². The molecule has 16 heavy (non-hydrogen) atoms. The molecule has 0 amide bonds. The van der Waals surface area contributed by atoms with Crippen molar-refractivity contribution in [3.8, 4) is 0 Å². The van der Waals surface area contributed by atoms with Crippen molar-refractivity contribution in [2.75, 3.05) is 17.6 Å². The Bertz CT molecular complexity index is 345. The summed E-state index contributed by atoms with van der Waals surface area (Å²) in [6, 6.07) is 1.95. The first kappa shape index (κ1) is 12.8. The molecule has 3 heteroatoms. The number of rotatable bonds is 5. The molecular formula is C13H23N3. The third-order valence-corrected chi connectivity index (χ3v) is 2.76. The average molecular weight is 221 g/mol. The highest BCUT2D eigenvalue weighted by Gasteiger charge is 2.16. The summed E-state index contributed by atoms with van der Waals surface area (Å²) in [4.78, 5) is 4.30. The number of nitrogens with zero attached hydrogens (tertiary/aromatic N) is 1. The van der Waals surface area contributed by atoms with Gasteiger partial charge >= 0.3 is 0 Å². The number of nitrogens with two attached hydrogens (primary N) is 1. The lowest BCUT2D eigenvalue weighted by molar-refractivity contribution is 0.354. The zero-order valence-electron chi connectivity index (χ0n) is 10.8. The van der Waals surface area contributed by atoms with E-state index in [9.17, 15) is 0 Å². The number of anilines is 2. The van der Waals surface area contributed by atoms with Gasteiger partial charge in [0.1, 0.15) is 5.82 Å². The number of nitrogen functional groups attached to an aromatic ring is 1. The van der Waals surface area contributed by atoms with Crippen LogP contribution >= 0.6 is 0 Å². The van der Waals surface area contributed by atoms with Gasteiger partial charge in [-0.1, -0.05) is 27.2 Å². The third-order valence-electron chi connectivity index (χ3n) is 2.76. The number of aryl methyl sites for hydroxylation is 1. The summed E-state index contributed by atoms with van der Waals surface area (Å²) in [5, 5.41) is 3.40. The van der Waals surface area contributed by atoms with E-state index in [1.165, 1.54) is 12.8 Å². The maximum Gasteiger partial charge on any atom is 0.129 e. The Morgan fingerprint density at radius 3 is 2.69 bits per heavy atom. The molecule has 90 valence electrons. The lowest BCUT2D eigenvalue weighted by Gasteiger charge is -2.25. The Balaban J connectivity index is 2.61. The summed E-state index contributed by atoms with van der Waals surface area (Å²) in [7, 11) is 0. The molecule has 0 aromatic carbocycles. The summed E-state index contributed by atoms with van der Waals surface area (Å²) in [6.07, 6.45) is 4.12. The van der Waals surface area contributed by atoms with Gasteiger partial charge in [0, 0.05) is 6.54 Å². The van der Waals surface area contributed by atoms with Crippen molar-refractivity contribution in [1.82, 2.24) is 4.98 Å². The Labute approximate surface area is 98.5 Å². The highest BCUT2D eigenvalue weighted by atomic mass is 15.0. The summed E-state index contributed by atoms with van der Waals surface area (Å²) < 4.78 is 0. The number of pyridine rings is 1. The third kappa shape index (κ3) is 3.72. The molecule has 1 heterocycles. The van der Waals surface area contributed by atoms with Crippen LogP contribution in [0.15, 0.2) is 12.3 Å². The first-order chi connectivity index (χ1) is 7.44. The van der Waals surface area contributed by atoms with Crippen LogP contribution in [0, 0.1) is 12.3 Å². The topological polar surface area (TPSA) is 50.9 Å². The molecule has 0 saturated heterocycles. The minimum atomic E-state index is 0.310. The Hall–Kier alpha value is -1.25. The molecule has 0 spiro atoms. The van der Waals surface area contributed by atoms with E-state index in [-0.39, 0.29) is 0 Å². The van der Waals surface area contributed by atoms with Crippen LogP contribution in [0.25, 0.3) is 0 Å². The van der Waals surface area contributed by atoms with Gasteiger partial charge in [-0.2, -0.15) is 0 Å². The van der Waals surface area contributed by atoms with E-state index >= 15 is 0 Å². The Morgan fingerprint density at radius 1 is 1.44 bits per heavy atom. The van der Waals surface area contributed by atoms with Crippen molar-refractivity contribution in [2.45, 2.75) is 40.5 Å². The van der Waals surface area contributed by atoms with Crippen LogP contribution in [0.5, 0.6) is 0 Å². The zero-order chi connectivity index (χ0) is 12.2. The van der Waals surface area contributed by atoms with E-state index in [2.05, 4.69) is 31.1 Å². The van der Waals surface area contributed by atoms with Gasteiger partial charge in [-0.05, 0) is 30.4 Å². The number of hydrogen-bond donors (Lipinski definition) is 2. The standard InChI is InChI=1S/C13H23N3/c1-5-6-13(3,4)9-16-12-10(2)7-11(14)8-15-12/h7-8H,5-6,9,14H2,1-4H3,(H,15,16). The fraction of sp³-hybridized carbons (Fsp3) is 0.615. The van der Waals surface area contributed by atoms with Crippen molar-refractivity contribution in [1.29, 1.82) is 0 Å². The molecule has 3 N–H and O–H groups in total. The second-order valence-corrected chi connectivity index (χ2v) is 5.20. The Morgan fingerprint density at radius 2 is 2.12 bits per heavy atom. The molecule has 1 aromatic rings. The van der Waals surface area contributed by atoms with Crippen LogP contribution in [0.4, 0.5) is 11.5 Å². The predicted molar refractivity (Wildman–Crippen MR) is 70.6 cm³/mol. The van der Waals surface area contributed by atoms with Gasteiger partial charge in [0.25, 0.3) is 0 Å². The summed E-state index contributed by atoms with van der Waals surface area (Å²) in [5.41, 5.74) is 7.80. The molecule has 0 unspecified atom stereocenters. The molecule has 0 saturated carbocycles. The Kier molecular flexibility index (Phi) is 4.16. The smallest absolute Gasteiger partial charge is 0.129 e. The lowest BCUT2D eigenvalue weighted by Crippen LogP contribution is -2.23. The van der Waals surface area contributed by atoms with Gasteiger partial charge in [0.05, 0.1) is 11.9 Å². The van der Waals surface area contributed by atoms with E-state index in [1.807, 2.05) is 13.0 Å². The summed E-state index contributed by atoms with van der Waals surface area (Å²) in [6.45, 7) is 9.73. The maximum absolute atomic E-state index is 5.67. The fourth-order valence-corrected chi connectivity index (χ4v) is 1.87. The van der Waals surface area contributed by atoms with Crippen LogP contribution in [0.3, 0.4) is 0 Å². The SMILES string of the molecule is CCCC(C)(C)CNc1ncc(N)cc1C. The first-order valence-corrected chi connectivity index (χ1v) is 5.90. The van der Waals surface area contributed by atoms with Crippen molar-refractivity contribution in [3.63, 3.8) is 0 Å². The van der Waals surface area contributed by atoms with Gasteiger partial charge in [-0.15, -0.1) is 0 Å². The molecule has 0 fully saturated rings. The summed E-state index contributed by atoms with van der Waals surface area (Å²) >= 11 is 0. The lowest BCUT2D eigenvalue weighted by atomic mass is 9.88. The zero-order valence-corrected chi connectivity index (χ0v) is 10.8. The number of aromatic nitrogens is 1. The largest absolute Gasteiger partial charge is 0.397 e. The highest BCUT2D eigenvalue weighted by molar-refractivity contribution is 5.50. The maximum atomic E-state index is 5.67. The summed E-state index contributed by atoms with van der Waals surface area (Å²) in [5.74, 6) is 0.943. The van der Waals surface area contributed by atoms with Crippen LogP contribution in [0.1, 0.15) is 39.2 Å². The molecule has 1 aromatic heterocycles. The van der Waals surface area contributed by atoms with Crippen LogP contribution in [-0.4, -0.2) is 11.5 Å². The van der Waals surface area contributed by atoms with Crippen LogP contribution in [0.2, 0.25) is 0 Å². The fourth-order valence-electron chi connectivity index (χ4n) is 1.87. The van der Waals surface area contributed by atoms with E-state index in [1.54, 1.807) is 6.20 Å². The predicted octanol–water partition coefficient (Wildman–Crippen LogP) is 3.21. The highest BCUT2D eigenvalue weighted by Crippen LogP contribution is 2.23. The molecule has 0 atom stereocenters. The average Bonchev–Trinajstić information content (AvgIpc) is 2.16. The van der Waals surface area contributed by atoms with Gasteiger partial charge in [0.15, 0.2) is 0 Å². The van der Waals surface area contributed by atoms with E-state index in [0.717, 1.165) is 23.6 Å². The van der Waals surface area contributed by atoms with Gasteiger partial charge in [-0.25, -0.2) is 4.98 Å². The quantitative estimate of drug-likeness (QED) is 0.802. The molecule has 0 bridgehead atoms. The van der Waals surface area contributed by atoms with Gasteiger partial charge < -0.3 is 11.1 Å². The minimum absolute atomic E-state index is 0.310. The van der Waals surface area contributed by atoms with E-state index < -0.39 is 0 Å². The molecule has 0 aliphatic carbocycles. The number of nitrogens with one attached hydrogen (secondary N) is 1. The molecule has 0 aliphatic heterocycles. The molecule has 0 radical (unpaired) electrons. The monoisotopic (exact) mass is 221 g/mol. The van der Waals surface area contributed by atoms with Crippen molar-refractivity contribution in [3.05, 3.63) is 17.8 Å². The number of hydrogen-bond acceptors (Lipinski definition) is 3. The van der Waals surface area contributed by atoms with Gasteiger partial charge in [-0.3, -0.25) is 0 Å². The van der Waals surface area contributed by atoms with E-state index in [0.29, 0.717) is 5.41 Å². The molecular weight excluding hydrogens is 198 g/mol. The van der Waals surface area contributed by atoms with Gasteiger partial charge in [0.2, 0.25) is 0 Å². The van der Waals surface area contributed by atoms with Crippen LogP contribution in [-0.2, 0) is 0 Å². The van der Waals surface area contributed by atoms with Crippen molar-refractivity contribution < 1.29 is 0 Å². The normalized spacial score (nSPS) is 11.5. The molecule has 0 aliphatic rings. The van der Waals surface area contributed by atoms with Crippen molar-refractivity contribution in [2.24, 2.45) is 5.41 Å². The first-order valence-electron chi connectivity index (χ1n) is 5.90. The molecule has 3 nitrogen and oxygen atoms in total. The molecule has 1 rings (SSSR count). The second-order valence-electron chi connectivity index (χ2n) is 5.20. The second kappa shape index (κ2) is 5.19.